The maximum atomic E-state index is 12.6. The number of rotatable bonds is 4. The predicted octanol–water partition coefficient (Wildman–Crippen LogP) is 2.43. The average molecular weight is 298 g/mol. The summed E-state index contributed by atoms with van der Waals surface area (Å²) in [5.74, 6) is -0.679. The van der Waals surface area contributed by atoms with Gasteiger partial charge in [0.15, 0.2) is 0 Å². The van der Waals surface area contributed by atoms with Gasteiger partial charge in [0.05, 0.1) is 19.1 Å². The van der Waals surface area contributed by atoms with Gasteiger partial charge >= 0.3 is 5.97 Å². The fourth-order valence-corrected chi connectivity index (χ4v) is 2.69. The van der Waals surface area contributed by atoms with Gasteiger partial charge in [-0.1, -0.05) is 11.6 Å². The number of nitrogens with zero attached hydrogens (tertiary/aromatic N) is 1. The van der Waals surface area contributed by atoms with Gasteiger partial charge in [-0.25, -0.2) is 0 Å². The molecule has 0 radical (unpaired) electrons. The fourth-order valence-electron chi connectivity index (χ4n) is 2.52. The highest BCUT2D eigenvalue weighted by Crippen LogP contribution is 2.28. The van der Waals surface area contributed by atoms with Crippen molar-refractivity contribution in [2.75, 3.05) is 13.7 Å². The van der Waals surface area contributed by atoms with E-state index in [0.717, 1.165) is 6.42 Å². The second-order valence-electron chi connectivity index (χ2n) is 4.74. The van der Waals surface area contributed by atoms with Crippen molar-refractivity contribution in [2.24, 2.45) is 0 Å². The molecule has 20 heavy (non-hydrogen) atoms. The maximum absolute atomic E-state index is 12.6. The molecule has 0 saturated carbocycles. The minimum Gasteiger partial charge on any atom is -0.496 e. The number of carbonyl (C=O) groups excluding carboxylic acids is 1. The minimum absolute atomic E-state index is 0.0331. The number of likely N-dealkylation sites (tertiary alicyclic amines) is 1. The Morgan fingerprint density at radius 3 is 2.90 bits per heavy atom. The molecule has 108 valence electrons. The number of aliphatic carboxylic acids is 1. The second kappa shape index (κ2) is 6.13. The first-order valence-electron chi connectivity index (χ1n) is 6.39. The zero-order chi connectivity index (χ0) is 14.7. The van der Waals surface area contributed by atoms with E-state index >= 15 is 0 Å². The first-order chi connectivity index (χ1) is 9.52. The van der Waals surface area contributed by atoms with Crippen LogP contribution in [0.15, 0.2) is 18.2 Å². The standard InChI is InChI=1S/C14H16ClNO4/c1-20-12-5-4-9(15)7-11(12)14(19)16-6-2-3-10(16)8-13(17)18/h4-5,7,10H,2-3,6,8H2,1H3,(H,17,18). The minimum atomic E-state index is -0.896. The Morgan fingerprint density at radius 1 is 1.50 bits per heavy atom. The summed E-state index contributed by atoms with van der Waals surface area (Å²) in [4.78, 5) is 25.0. The summed E-state index contributed by atoms with van der Waals surface area (Å²) in [6.45, 7) is 0.562. The first kappa shape index (κ1) is 14.7. The van der Waals surface area contributed by atoms with Crippen LogP contribution in [-0.2, 0) is 4.79 Å². The molecule has 2 rings (SSSR count). The van der Waals surface area contributed by atoms with E-state index in [9.17, 15) is 9.59 Å². The summed E-state index contributed by atoms with van der Waals surface area (Å²) in [6, 6.07) is 4.58. The lowest BCUT2D eigenvalue weighted by Crippen LogP contribution is -2.37. The Balaban J connectivity index is 2.26. The molecule has 1 saturated heterocycles. The van der Waals surface area contributed by atoms with Gasteiger partial charge in [0.25, 0.3) is 5.91 Å². The molecule has 1 atom stereocenters. The second-order valence-corrected chi connectivity index (χ2v) is 5.17. The van der Waals surface area contributed by atoms with Crippen molar-refractivity contribution in [3.8, 4) is 5.75 Å². The van der Waals surface area contributed by atoms with Crippen LogP contribution >= 0.6 is 11.6 Å². The Labute approximate surface area is 122 Å². The molecule has 6 heteroatoms. The molecule has 1 aromatic rings. The summed E-state index contributed by atoms with van der Waals surface area (Å²) >= 11 is 5.92. The van der Waals surface area contributed by atoms with Crippen molar-refractivity contribution in [3.63, 3.8) is 0 Å². The van der Waals surface area contributed by atoms with Crippen LogP contribution in [0.3, 0.4) is 0 Å². The molecular formula is C14H16ClNO4. The summed E-state index contributed by atoms with van der Waals surface area (Å²) in [5, 5.41) is 9.35. The molecule has 0 aromatic heterocycles. The Morgan fingerprint density at radius 2 is 2.25 bits per heavy atom. The number of hydrogen-bond donors (Lipinski definition) is 1. The highest BCUT2D eigenvalue weighted by atomic mass is 35.5. The van der Waals surface area contributed by atoms with Crippen LogP contribution in [0.5, 0.6) is 5.75 Å². The molecule has 1 aromatic carbocycles. The quantitative estimate of drug-likeness (QED) is 0.927. The van der Waals surface area contributed by atoms with E-state index in [4.69, 9.17) is 21.4 Å². The van der Waals surface area contributed by atoms with Crippen LogP contribution in [0, 0.1) is 0 Å². The summed E-state index contributed by atoms with van der Waals surface area (Å²) in [5.41, 5.74) is 0.372. The van der Waals surface area contributed by atoms with E-state index in [1.165, 1.54) is 7.11 Å². The van der Waals surface area contributed by atoms with E-state index in [0.29, 0.717) is 29.3 Å². The highest BCUT2D eigenvalue weighted by Gasteiger charge is 2.32. The number of halogens is 1. The monoisotopic (exact) mass is 297 g/mol. The molecule has 1 N–H and O–H groups in total. The summed E-state index contributed by atoms with van der Waals surface area (Å²) in [7, 11) is 1.48. The van der Waals surface area contributed by atoms with Crippen molar-refractivity contribution in [3.05, 3.63) is 28.8 Å². The van der Waals surface area contributed by atoms with Gasteiger partial charge in [0.1, 0.15) is 5.75 Å². The number of methoxy groups -OCH3 is 1. The number of ether oxygens (including phenoxy) is 1. The van der Waals surface area contributed by atoms with Crippen molar-refractivity contribution in [1.82, 2.24) is 4.90 Å². The normalized spacial score (nSPS) is 18.1. The number of carboxylic acid groups (broad SMARTS) is 1. The van der Waals surface area contributed by atoms with E-state index in [2.05, 4.69) is 0 Å². The third-order valence-electron chi connectivity index (χ3n) is 3.44. The average Bonchev–Trinajstić information content (AvgIpc) is 2.85. The first-order valence-corrected chi connectivity index (χ1v) is 6.77. The SMILES string of the molecule is COc1ccc(Cl)cc1C(=O)N1CCCC1CC(=O)O. The summed E-state index contributed by atoms with van der Waals surface area (Å²) in [6.07, 6.45) is 1.49. The summed E-state index contributed by atoms with van der Waals surface area (Å²) < 4.78 is 5.17. The fraction of sp³-hybridized carbons (Fsp3) is 0.429. The zero-order valence-corrected chi connectivity index (χ0v) is 11.9. The number of carboxylic acids is 1. The van der Waals surface area contributed by atoms with Crippen LogP contribution in [0.4, 0.5) is 0 Å². The lowest BCUT2D eigenvalue weighted by atomic mass is 10.1. The van der Waals surface area contributed by atoms with E-state index < -0.39 is 5.97 Å². The van der Waals surface area contributed by atoms with Gasteiger partial charge in [-0.2, -0.15) is 0 Å². The smallest absolute Gasteiger partial charge is 0.305 e. The van der Waals surface area contributed by atoms with Crippen LogP contribution in [-0.4, -0.2) is 41.6 Å². The third kappa shape index (κ3) is 3.04. The van der Waals surface area contributed by atoms with Crippen LogP contribution in [0.1, 0.15) is 29.6 Å². The predicted molar refractivity (Wildman–Crippen MR) is 74.3 cm³/mol. The molecule has 1 heterocycles. The molecule has 1 amide bonds. The van der Waals surface area contributed by atoms with Crippen molar-refractivity contribution < 1.29 is 19.4 Å². The molecule has 1 aliphatic rings. The number of benzene rings is 1. The number of carbonyl (C=O) groups is 2. The van der Waals surface area contributed by atoms with Crippen molar-refractivity contribution in [2.45, 2.75) is 25.3 Å². The zero-order valence-electron chi connectivity index (χ0n) is 11.1. The molecule has 1 aliphatic heterocycles. The number of hydrogen-bond acceptors (Lipinski definition) is 3. The lowest BCUT2D eigenvalue weighted by molar-refractivity contribution is -0.137. The molecule has 0 aliphatic carbocycles. The topological polar surface area (TPSA) is 66.8 Å². The maximum Gasteiger partial charge on any atom is 0.305 e. The number of amides is 1. The van der Waals surface area contributed by atoms with Crippen molar-refractivity contribution >= 4 is 23.5 Å². The molecular weight excluding hydrogens is 282 g/mol. The molecule has 0 spiro atoms. The van der Waals surface area contributed by atoms with Gasteiger partial charge in [-0.15, -0.1) is 0 Å². The van der Waals surface area contributed by atoms with E-state index in [-0.39, 0.29) is 18.4 Å². The van der Waals surface area contributed by atoms with Gasteiger partial charge < -0.3 is 14.7 Å². The van der Waals surface area contributed by atoms with Crippen LogP contribution < -0.4 is 4.74 Å². The Bertz CT molecular complexity index is 532. The molecule has 0 bridgehead atoms. The van der Waals surface area contributed by atoms with E-state index in [1.807, 2.05) is 0 Å². The Hall–Kier alpha value is -1.75. The molecule has 1 unspecified atom stereocenters. The van der Waals surface area contributed by atoms with Crippen LogP contribution in [0.25, 0.3) is 0 Å². The van der Waals surface area contributed by atoms with Crippen molar-refractivity contribution in [1.29, 1.82) is 0 Å². The van der Waals surface area contributed by atoms with Gasteiger partial charge in [0, 0.05) is 17.6 Å². The lowest BCUT2D eigenvalue weighted by Gasteiger charge is -2.24. The van der Waals surface area contributed by atoms with Gasteiger partial charge in [-0.3, -0.25) is 9.59 Å². The third-order valence-corrected chi connectivity index (χ3v) is 3.68. The molecule has 1 fully saturated rings. The molecule has 5 nitrogen and oxygen atoms in total. The Kier molecular flexibility index (Phi) is 4.49. The largest absolute Gasteiger partial charge is 0.496 e. The van der Waals surface area contributed by atoms with Gasteiger partial charge in [-0.05, 0) is 31.0 Å². The highest BCUT2D eigenvalue weighted by molar-refractivity contribution is 6.31. The van der Waals surface area contributed by atoms with Gasteiger partial charge in [0.2, 0.25) is 0 Å². The van der Waals surface area contributed by atoms with Crippen LogP contribution in [0.2, 0.25) is 5.02 Å². The van der Waals surface area contributed by atoms with E-state index in [1.54, 1.807) is 23.1 Å².